The maximum absolute atomic E-state index is 12.6. The molecule has 1 amide bonds. The van der Waals surface area contributed by atoms with E-state index in [1.807, 2.05) is 48.5 Å². The molecule has 0 atom stereocenters. The summed E-state index contributed by atoms with van der Waals surface area (Å²) in [4.78, 5) is 15.0. The summed E-state index contributed by atoms with van der Waals surface area (Å²) in [6.07, 6.45) is 5.50. The first kappa shape index (κ1) is 19.0. The number of piperidine rings is 1. The molecule has 5 nitrogen and oxygen atoms in total. The molecule has 5 heteroatoms. The van der Waals surface area contributed by atoms with Gasteiger partial charge in [0.2, 0.25) is 0 Å². The van der Waals surface area contributed by atoms with Crippen molar-refractivity contribution in [2.75, 3.05) is 25.1 Å². The van der Waals surface area contributed by atoms with Gasteiger partial charge in [0.1, 0.15) is 5.75 Å². The fourth-order valence-corrected chi connectivity index (χ4v) is 3.71. The topological polar surface area (TPSA) is 53.9 Å². The Labute approximate surface area is 171 Å². The highest BCUT2D eigenvalue weighted by molar-refractivity contribution is 6.02. The van der Waals surface area contributed by atoms with Gasteiger partial charge in [-0.2, -0.15) is 5.10 Å². The number of rotatable bonds is 5. The second-order valence-corrected chi connectivity index (χ2v) is 7.24. The molecule has 29 heavy (non-hydrogen) atoms. The highest BCUT2D eigenvalue weighted by atomic mass is 16.5. The average Bonchev–Trinajstić information content (AvgIpc) is 2.79. The van der Waals surface area contributed by atoms with Gasteiger partial charge in [-0.1, -0.05) is 36.4 Å². The summed E-state index contributed by atoms with van der Waals surface area (Å²) >= 11 is 0. The lowest BCUT2D eigenvalue weighted by molar-refractivity contribution is 0.0952. The van der Waals surface area contributed by atoms with Gasteiger partial charge in [0.25, 0.3) is 5.91 Å². The number of anilines is 1. The minimum Gasteiger partial charge on any atom is -0.496 e. The van der Waals surface area contributed by atoms with Crippen LogP contribution in [0.1, 0.15) is 35.2 Å². The molecule has 3 aromatic carbocycles. The molecule has 0 bridgehead atoms. The van der Waals surface area contributed by atoms with E-state index in [9.17, 15) is 4.79 Å². The van der Waals surface area contributed by atoms with Crippen LogP contribution < -0.4 is 15.1 Å². The Kier molecular flexibility index (Phi) is 5.75. The summed E-state index contributed by atoms with van der Waals surface area (Å²) in [5.74, 6) is 0.232. The van der Waals surface area contributed by atoms with Crippen molar-refractivity contribution in [3.05, 3.63) is 71.8 Å². The van der Waals surface area contributed by atoms with E-state index >= 15 is 0 Å². The van der Waals surface area contributed by atoms with Crippen molar-refractivity contribution >= 4 is 28.6 Å². The Balaban J connectivity index is 1.44. The lowest BCUT2D eigenvalue weighted by Crippen LogP contribution is -2.29. The minimum atomic E-state index is -0.297. The zero-order valence-corrected chi connectivity index (χ0v) is 16.6. The Morgan fingerprint density at radius 1 is 1.00 bits per heavy atom. The zero-order chi connectivity index (χ0) is 20.1. The van der Waals surface area contributed by atoms with Gasteiger partial charge in [0.15, 0.2) is 0 Å². The van der Waals surface area contributed by atoms with E-state index in [-0.39, 0.29) is 5.91 Å². The number of hydrogen-bond donors (Lipinski definition) is 1. The van der Waals surface area contributed by atoms with E-state index in [0.717, 1.165) is 29.4 Å². The molecule has 148 valence electrons. The molecule has 3 aromatic rings. The number of carbonyl (C=O) groups excluding carboxylic acids is 1. The van der Waals surface area contributed by atoms with Crippen LogP contribution in [0, 0.1) is 0 Å². The predicted molar refractivity (Wildman–Crippen MR) is 118 cm³/mol. The summed E-state index contributed by atoms with van der Waals surface area (Å²) in [7, 11) is 1.56. The van der Waals surface area contributed by atoms with Crippen LogP contribution in [0.15, 0.2) is 65.8 Å². The van der Waals surface area contributed by atoms with Gasteiger partial charge in [-0.25, -0.2) is 5.43 Å². The smallest absolute Gasteiger partial charge is 0.275 e. The molecule has 0 spiro atoms. The normalized spacial score (nSPS) is 14.3. The number of carbonyl (C=O) groups is 1. The summed E-state index contributed by atoms with van der Waals surface area (Å²) in [5, 5.41) is 6.13. The quantitative estimate of drug-likeness (QED) is 0.514. The molecular formula is C24H25N3O2. The Hall–Kier alpha value is -3.34. The number of nitrogens with zero attached hydrogens (tertiary/aromatic N) is 2. The van der Waals surface area contributed by atoms with Gasteiger partial charge in [-0.3, -0.25) is 4.79 Å². The van der Waals surface area contributed by atoms with Crippen molar-refractivity contribution in [3.8, 4) is 5.75 Å². The van der Waals surface area contributed by atoms with Crippen molar-refractivity contribution in [2.24, 2.45) is 5.10 Å². The van der Waals surface area contributed by atoms with E-state index in [4.69, 9.17) is 4.74 Å². The van der Waals surface area contributed by atoms with E-state index in [0.29, 0.717) is 11.3 Å². The molecule has 1 fully saturated rings. The predicted octanol–water partition coefficient (Wildman–Crippen LogP) is 4.60. The standard InChI is InChI=1S/C24H25N3O2/c1-29-23-16-20-8-4-3-7-19(20)15-22(23)24(28)26-25-17-18-9-11-21(12-10-18)27-13-5-2-6-14-27/h3-4,7-12,15-17H,2,5-6,13-14H2,1H3,(H,26,28). The van der Waals surface area contributed by atoms with Crippen LogP contribution in [-0.2, 0) is 0 Å². The first-order valence-electron chi connectivity index (χ1n) is 10.00. The fourth-order valence-electron chi connectivity index (χ4n) is 3.71. The second-order valence-electron chi connectivity index (χ2n) is 7.24. The third-order valence-electron chi connectivity index (χ3n) is 5.31. The SMILES string of the molecule is COc1cc2ccccc2cc1C(=O)NN=Cc1ccc(N2CCCCC2)cc1. The first-order valence-corrected chi connectivity index (χ1v) is 10.00. The Bertz CT molecular complexity index is 1020. The largest absolute Gasteiger partial charge is 0.496 e. The van der Waals surface area contributed by atoms with Gasteiger partial charge in [-0.15, -0.1) is 0 Å². The van der Waals surface area contributed by atoms with Gasteiger partial charge >= 0.3 is 0 Å². The number of nitrogens with one attached hydrogen (secondary N) is 1. The number of hydrogen-bond acceptors (Lipinski definition) is 4. The summed E-state index contributed by atoms with van der Waals surface area (Å²) in [5.41, 5.74) is 5.25. The maximum atomic E-state index is 12.6. The zero-order valence-electron chi connectivity index (χ0n) is 16.6. The molecule has 0 saturated carbocycles. The first-order chi connectivity index (χ1) is 14.2. The summed E-state index contributed by atoms with van der Waals surface area (Å²) < 4.78 is 5.39. The van der Waals surface area contributed by atoms with Gasteiger partial charge in [0.05, 0.1) is 18.9 Å². The van der Waals surface area contributed by atoms with Crippen LogP contribution in [-0.4, -0.2) is 32.3 Å². The summed E-state index contributed by atoms with van der Waals surface area (Å²) in [6.45, 7) is 2.24. The van der Waals surface area contributed by atoms with Crippen LogP contribution in [0.3, 0.4) is 0 Å². The molecule has 4 rings (SSSR count). The van der Waals surface area contributed by atoms with E-state index in [2.05, 4.69) is 27.6 Å². The van der Waals surface area contributed by atoms with Crippen molar-refractivity contribution in [1.29, 1.82) is 0 Å². The number of ether oxygens (including phenoxy) is 1. The minimum absolute atomic E-state index is 0.297. The van der Waals surface area contributed by atoms with Crippen LogP contribution in [0.2, 0.25) is 0 Å². The van der Waals surface area contributed by atoms with E-state index in [1.54, 1.807) is 13.3 Å². The number of amides is 1. The number of fused-ring (bicyclic) bond motifs is 1. The average molecular weight is 387 g/mol. The molecule has 1 N–H and O–H groups in total. The Morgan fingerprint density at radius 3 is 2.38 bits per heavy atom. The van der Waals surface area contributed by atoms with Crippen molar-refractivity contribution in [3.63, 3.8) is 0 Å². The molecule has 1 heterocycles. The van der Waals surface area contributed by atoms with Gasteiger partial charge in [0, 0.05) is 18.8 Å². The lowest BCUT2D eigenvalue weighted by Gasteiger charge is -2.28. The van der Waals surface area contributed by atoms with Crippen LogP contribution in [0.5, 0.6) is 5.75 Å². The highest BCUT2D eigenvalue weighted by Crippen LogP contribution is 2.26. The number of benzene rings is 3. The molecule has 1 aliphatic heterocycles. The van der Waals surface area contributed by atoms with Crippen LogP contribution in [0.4, 0.5) is 5.69 Å². The Morgan fingerprint density at radius 2 is 1.69 bits per heavy atom. The molecule has 0 unspecified atom stereocenters. The monoisotopic (exact) mass is 387 g/mol. The molecule has 0 radical (unpaired) electrons. The van der Waals surface area contributed by atoms with Crippen LogP contribution in [0.25, 0.3) is 10.8 Å². The second kappa shape index (κ2) is 8.78. The molecule has 1 aliphatic rings. The number of methoxy groups -OCH3 is 1. The molecule has 0 aromatic heterocycles. The van der Waals surface area contributed by atoms with Crippen molar-refractivity contribution in [1.82, 2.24) is 5.43 Å². The van der Waals surface area contributed by atoms with Crippen molar-refractivity contribution < 1.29 is 9.53 Å². The third-order valence-corrected chi connectivity index (χ3v) is 5.31. The highest BCUT2D eigenvalue weighted by Gasteiger charge is 2.13. The van der Waals surface area contributed by atoms with E-state index in [1.165, 1.54) is 24.9 Å². The molecule has 1 saturated heterocycles. The molecule has 0 aliphatic carbocycles. The molecular weight excluding hydrogens is 362 g/mol. The third kappa shape index (κ3) is 4.40. The number of hydrazone groups is 1. The maximum Gasteiger partial charge on any atom is 0.275 e. The fraction of sp³-hybridized carbons (Fsp3) is 0.250. The van der Waals surface area contributed by atoms with Crippen LogP contribution >= 0.6 is 0 Å². The summed E-state index contributed by atoms with van der Waals surface area (Å²) in [6, 6.07) is 19.8. The van der Waals surface area contributed by atoms with Crippen molar-refractivity contribution in [2.45, 2.75) is 19.3 Å². The lowest BCUT2D eigenvalue weighted by atomic mass is 10.1. The van der Waals surface area contributed by atoms with Gasteiger partial charge in [-0.05, 0) is 59.9 Å². The van der Waals surface area contributed by atoms with E-state index < -0.39 is 0 Å². The van der Waals surface area contributed by atoms with Gasteiger partial charge < -0.3 is 9.64 Å².